The molecule has 0 aliphatic carbocycles. The molecule has 0 unspecified atom stereocenters. The van der Waals surface area contributed by atoms with Gasteiger partial charge in [-0.05, 0) is 18.4 Å². The van der Waals surface area contributed by atoms with Gasteiger partial charge in [-0.1, -0.05) is 44.0 Å². The van der Waals surface area contributed by atoms with E-state index in [-0.39, 0.29) is 0 Å². The monoisotopic (exact) mass is 219 g/mol. The van der Waals surface area contributed by atoms with E-state index in [1.165, 1.54) is 5.69 Å². The third-order valence-corrected chi connectivity index (χ3v) is 2.85. The summed E-state index contributed by atoms with van der Waals surface area (Å²) in [6.07, 6.45) is 1.07. The lowest BCUT2D eigenvalue weighted by Crippen LogP contribution is -2.03. The van der Waals surface area contributed by atoms with E-state index in [2.05, 4.69) is 25.3 Å². The van der Waals surface area contributed by atoms with Gasteiger partial charge in [-0.2, -0.15) is 0 Å². The van der Waals surface area contributed by atoms with Crippen molar-refractivity contribution in [2.45, 2.75) is 39.7 Å². The fourth-order valence-electron chi connectivity index (χ4n) is 1.44. The van der Waals surface area contributed by atoms with E-state index in [9.17, 15) is 0 Å². The van der Waals surface area contributed by atoms with E-state index in [0.717, 1.165) is 13.0 Å². The Kier molecular flexibility index (Phi) is 3.69. The summed E-state index contributed by atoms with van der Waals surface area (Å²) >= 11 is 12.0. The van der Waals surface area contributed by atoms with E-state index in [1.54, 1.807) is 0 Å². The van der Waals surface area contributed by atoms with E-state index in [0.29, 0.717) is 16.1 Å². The number of hydrogen-bond acceptors (Lipinski definition) is 0. The van der Waals surface area contributed by atoms with Crippen LogP contribution in [0.15, 0.2) is 6.07 Å². The topological polar surface area (TPSA) is 4.93 Å². The molecule has 0 amide bonds. The van der Waals surface area contributed by atoms with E-state index >= 15 is 0 Å². The molecule has 74 valence electrons. The summed E-state index contributed by atoms with van der Waals surface area (Å²) in [5, 5.41) is 1.34. The molecule has 0 radical (unpaired) electrons. The zero-order valence-electron chi connectivity index (χ0n) is 8.27. The van der Waals surface area contributed by atoms with Crippen LogP contribution in [0.1, 0.15) is 38.8 Å². The SMILES string of the molecule is CCCn1c(C(C)C)cc(Cl)c1Cl. The Labute approximate surface area is 89.6 Å². The average molecular weight is 220 g/mol. The minimum Gasteiger partial charge on any atom is -0.334 e. The van der Waals surface area contributed by atoms with Crippen LogP contribution in [0.4, 0.5) is 0 Å². The summed E-state index contributed by atoms with van der Waals surface area (Å²) < 4.78 is 2.09. The highest BCUT2D eigenvalue weighted by Crippen LogP contribution is 2.30. The molecule has 1 aromatic rings. The maximum Gasteiger partial charge on any atom is 0.127 e. The molecule has 0 saturated heterocycles. The first-order valence-corrected chi connectivity index (χ1v) is 5.38. The van der Waals surface area contributed by atoms with E-state index in [1.807, 2.05) is 6.07 Å². The molecule has 0 aliphatic rings. The number of nitrogens with zero attached hydrogens (tertiary/aromatic N) is 1. The van der Waals surface area contributed by atoms with Crippen molar-refractivity contribution >= 4 is 23.2 Å². The van der Waals surface area contributed by atoms with Gasteiger partial charge in [0.05, 0.1) is 5.02 Å². The maximum atomic E-state index is 6.07. The average Bonchev–Trinajstić information content (AvgIpc) is 2.33. The predicted octanol–water partition coefficient (Wildman–Crippen LogP) is 4.33. The first kappa shape index (κ1) is 10.9. The van der Waals surface area contributed by atoms with Crippen molar-refractivity contribution in [3.63, 3.8) is 0 Å². The zero-order chi connectivity index (χ0) is 10.0. The fourth-order valence-corrected chi connectivity index (χ4v) is 1.89. The molecule has 0 fully saturated rings. The van der Waals surface area contributed by atoms with E-state index in [4.69, 9.17) is 23.2 Å². The highest BCUT2D eigenvalue weighted by atomic mass is 35.5. The number of halogens is 2. The zero-order valence-corrected chi connectivity index (χ0v) is 9.78. The molecule has 3 heteroatoms. The smallest absolute Gasteiger partial charge is 0.127 e. The molecule has 0 aliphatic heterocycles. The number of hydrogen-bond donors (Lipinski definition) is 0. The summed E-state index contributed by atoms with van der Waals surface area (Å²) in [6.45, 7) is 7.37. The molecular weight excluding hydrogens is 205 g/mol. The van der Waals surface area contributed by atoms with Gasteiger partial charge in [-0.25, -0.2) is 0 Å². The van der Waals surface area contributed by atoms with Crippen LogP contribution < -0.4 is 0 Å². The Morgan fingerprint density at radius 1 is 1.38 bits per heavy atom. The van der Waals surface area contributed by atoms with Crippen molar-refractivity contribution in [2.75, 3.05) is 0 Å². The molecule has 0 bridgehead atoms. The quantitative estimate of drug-likeness (QED) is 0.714. The Balaban J connectivity index is 3.11. The predicted molar refractivity (Wildman–Crippen MR) is 58.8 cm³/mol. The van der Waals surface area contributed by atoms with Gasteiger partial charge in [0.2, 0.25) is 0 Å². The van der Waals surface area contributed by atoms with Crippen LogP contribution in [0, 0.1) is 0 Å². The molecule has 0 N–H and O–H groups in total. The standard InChI is InChI=1S/C10H15Cl2N/c1-4-5-13-9(7(2)3)6-8(11)10(13)12/h6-7H,4-5H2,1-3H3. The molecule has 0 saturated carbocycles. The summed E-state index contributed by atoms with van der Waals surface area (Å²) in [4.78, 5) is 0. The van der Waals surface area contributed by atoms with Crippen molar-refractivity contribution in [1.29, 1.82) is 0 Å². The van der Waals surface area contributed by atoms with Crippen LogP contribution in [-0.4, -0.2) is 4.57 Å². The largest absolute Gasteiger partial charge is 0.334 e. The number of rotatable bonds is 3. The van der Waals surface area contributed by atoms with Crippen molar-refractivity contribution in [2.24, 2.45) is 0 Å². The Bertz CT molecular complexity index is 289. The molecule has 1 heterocycles. The second-order valence-corrected chi connectivity index (χ2v) is 4.28. The van der Waals surface area contributed by atoms with Gasteiger partial charge >= 0.3 is 0 Å². The van der Waals surface area contributed by atoms with Crippen molar-refractivity contribution < 1.29 is 0 Å². The summed E-state index contributed by atoms with van der Waals surface area (Å²) in [6, 6.07) is 1.96. The normalized spacial score (nSPS) is 11.2. The maximum absolute atomic E-state index is 6.07. The molecule has 1 nitrogen and oxygen atoms in total. The highest BCUT2D eigenvalue weighted by molar-refractivity contribution is 6.41. The van der Waals surface area contributed by atoms with Crippen LogP contribution in [0.2, 0.25) is 10.2 Å². The molecule has 0 spiro atoms. The lowest BCUT2D eigenvalue weighted by atomic mass is 10.1. The van der Waals surface area contributed by atoms with Crippen LogP contribution in [0.25, 0.3) is 0 Å². The van der Waals surface area contributed by atoms with Gasteiger partial charge in [0, 0.05) is 12.2 Å². The van der Waals surface area contributed by atoms with Crippen LogP contribution in [-0.2, 0) is 6.54 Å². The van der Waals surface area contributed by atoms with Crippen LogP contribution in [0.3, 0.4) is 0 Å². The first-order chi connectivity index (χ1) is 6.07. The minimum atomic E-state index is 0.469. The van der Waals surface area contributed by atoms with Crippen molar-refractivity contribution in [1.82, 2.24) is 4.57 Å². The lowest BCUT2D eigenvalue weighted by Gasteiger charge is -2.11. The fraction of sp³-hybridized carbons (Fsp3) is 0.600. The van der Waals surface area contributed by atoms with Gasteiger partial charge in [0.1, 0.15) is 5.15 Å². The third-order valence-electron chi connectivity index (χ3n) is 2.06. The molecule has 0 aromatic carbocycles. The van der Waals surface area contributed by atoms with E-state index < -0.39 is 0 Å². The molecule has 1 aromatic heterocycles. The molecule has 0 atom stereocenters. The minimum absolute atomic E-state index is 0.469. The summed E-state index contributed by atoms with van der Waals surface area (Å²) in [7, 11) is 0. The third kappa shape index (κ3) is 2.21. The molecular formula is C10H15Cl2N. The Hall–Kier alpha value is -0.140. The highest BCUT2D eigenvalue weighted by Gasteiger charge is 2.13. The summed E-state index contributed by atoms with van der Waals surface area (Å²) in [5.74, 6) is 0.469. The van der Waals surface area contributed by atoms with Gasteiger partial charge < -0.3 is 4.57 Å². The second-order valence-electron chi connectivity index (χ2n) is 3.51. The lowest BCUT2D eigenvalue weighted by molar-refractivity contribution is 0.625. The van der Waals surface area contributed by atoms with Gasteiger partial charge in [0.25, 0.3) is 0 Å². The summed E-state index contributed by atoms with van der Waals surface area (Å²) in [5.41, 5.74) is 1.22. The number of aromatic nitrogens is 1. The van der Waals surface area contributed by atoms with Crippen molar-refractivity contribution in [3.8, 4) is 0 Å². The molecule has 1 rings (SSSR count). The Morgan fingerprint density at radius 2 is 2.00 bits per heavy atom. The van der Waals surface area contributed by atoms with Crippen LogP contribution >= 0.6 is 23.2 Å². The van der Waals surface area contributed by atoms with Gasteiger partial charge in [0.15, 0.2) is 0 Å². The van der Waals surface area contributed by atoms with Gasteiger partial charge in [-0.3, -0.25) is 0 Å². The van der Waals surface area contributed by atoms with Gasteiger partial charge in [-0.15, -0.1) is 0 Å². The van der Waals surface area contributed by atoms with Crippen molar-refractivity contribution in [3.05, 3.63) is 21.9 Å². The molecule has 13 heavy (non-hydrogen) atoms. The second kappa shape index (κ2) is 4.39. The van der Waals surface area contributed by atoms with Crippen LogP contribution in [0.5, 0.6) is 0 Å². The Morgan fingerprint density at radius 3 is 2.46 bits per heavy atom. The first-order valence-electron chi connectivity index (χ1n) is 4.62.